The van der Waals surface area contributed by atoms with Crippen LogP contribution in [-0.4, -0.2) is 99.7 Å². The normalized spacial score (nSPS) is 22.2. The quantitative estimate of drug-likeness (QED) is 0.242. The van der Waals surface area contributed by atoms with Gasteiger partial charge in [-0.1, -0.05) is 37.3 Å². The van der Waals surface area contributed by atoms with Gasteiger partial charge in [0.2, 0.25) is 5.91 Å². The van der Waals surface area contributed by atoms with Crippen LogP contribution in [0.5, 0.6) is 0 Å². The van der Waals surface area contributed by atoms with Crippen molar-refractivity contribution in [2.24, 2.45) is 10.9 Å². The van der Waals surface area contributed by atoms with Gasteiger partial charge in [-0.25, -0.2) is 4.99 Å². The Morgan fingerprint density at radius 2 is 1.91 bits per heavy atom. The number of halogens is 1. The van der Waals surface area contributed by atoms with Gasteiger partial charge in [0.15, 0.2) is 5.96 Å². The number of amides is 1. The number of hydrogen-bond donors (Lipinski definition) is 1. The second-order valence-corrected chi connectivity index (χ2v) is 8.89. The van der Waals surface area contributed by atoms with Crippen LogP contribution in [0.2, 0.25) is 0 Å². The molecule has 2 fully saturated rings. The first-order valence-corrected chi connectivity index (χ1v) is 11.6. The maximum absolute atomic E-state index is 12.1. The zero-order chi connectivity index (χ0) is 22.1. The molecule has 2 heterocycles. The smallest absolute Gasteiger partial charge is 0.243 e. The van der Waals surface area contributed by atoms with Crippen molar-refractivity contribution < 1.29 is 9.53 Å². The van der Waals surface area contributed by atoms with Gasteiger partial charge in [0.25, 0.3) is 0 Å². The highest BCUT2D eigenvalue weighted by Gasteiger charge is 2.29. The molecular formula is C24H40IN5O2. The second-order valence-electron chi connectivity index (χ2n) is 8.89. The fraction of sp³-hybridized carbons (Fsp3) is 0.667. The van der Waals surface area contributed by atoms with Crippen molar-refractivity contribution in [3.8, 4) is 0 Å². The number of carbonyl (C=O) groups is 1. The number of hydrogen-bond acceptors (Lipinski definition) is 4. The SMILES string of the molecule is CC1CN(C(=NCC(=O)N(C)C)NCCCN2CCOCC2)CCC1c1ccccc1.I. The summed E-state index contributed by atoms with van der Waals surface area (Å²) < 4.78 is 5.43. The third kappa shape index (κ3) is 8.19. The lowest BCUT2D eigenvalue weighted by Crippen LogP contribution is -2.49. The van der Waals surface area contributed by atoms with E-state index in [1.165, 1.54) is 5.56 Å². The molecule has 32 heavy (non-hydrogen) atoms. The van der Waals surface area contributed by atoms with Crippen LogP contribution < -0.4 is 5.32 Å². The Hall–Kier alpha value is -1.39. The largest absolute Gasteiger partial charge is 0.379 e. The molecule has 0 saturated carbocycles. The van der Waals surface area contributed by atoms with Crippen LogP contribution in [0.3, 0.4) is 0 Å². The van der Waals surface area contributed by atoms with Gasteiger partial charge in [0.1, 0.15) is 6.54 Å². The van der Waals surface area contributed by atoms with Gasteiger partial charge in [-0.15, -0.1) is 24.0 Å². The number of rotatable bonds is 7. The maximum atomic E-state index is 12.1. The van der Waals surface area contributed by atoms with Gasteiger partial charge in [-0.2, -0.15) is 0 Å². The first kappa shape index (κ1) is 26.9. The Bertz CT molecular complexity index is 710. The summed E-state index contributed by atoms with van der Waals surface area (Å²) in [4.78, 5) is 23.2. The van der Waals surface area contributed by atoms with E-state index in [2.05, 4.69) is 52.4 Å². The molecule has 0 radical (unpaired) electrons. The van der Waals surface area contributed by atoms with Crippen molar-refractivity contribution in [2.45, 2.75) is 25.7 Å². The van der Waals surface area contributed by atoms with E-state index in [4.69, 9.17) is 9.73 Å². The van der Waals surface area contributed by atoms with Crippen LogP contribution in [0.15, 0.2) is 35.3 Å². The van der Waals surface area contributed by atoms with E-state index in [0.29, 0.717) is 11.8 Å². The minimum atomic E-state index is 0. The predicted octanol–water partition coefficient (Wildman–Crippen LogP) is 2.49. The molecule has 0 bridgehead atoms. The Morgan fingerprint density at radius 3 is 2.56 bits per heavy atom. The molecule has 180 valence electrons. The van der Waals surface area contributed by atoms with Gasteiger partial charge >= 0.3 is 0 Å². The molecule has 7 nitrogen and oxygen atoms in total. The van der Waals surface area contributed by atoms with Crippen LogP contribution in [0.1, 0.15) is 31.2 Å². The Labute approximate surface area is 210 Å². The highest BCUT2D eigenvalue weighted by Crippen LogP contribution is 2.32. The predicted molar refractivity (Wildman–Crippen MR) is 141 cm³/mol. The Morgan fingerprint density at radius 1 is 1.19 bits per heavy atom. The molecule has 2 unspecified atom stereocenters. The fourth-order valence-corrected chi connectivity index (χ4v) is 4.41. The van der Waals surface area contributed by atoms with E-state index in [1.807, 2.05) is 0 Å². The average Bonchev–Trinajstić information content (AvgIpc) is 2.79. The van der Waals surface area contributed by atoms with Crippen LogP contribution in [-0.2, 0) is 9.53 Å². The summed E-state index contributed by atoms with van der Waals surface area (Å²) in [5, 5.41) is 3.55. The summed E-state index contributed by atoms with van der Waals surface area (Å²) in [6.45, 7) is 10.0. The van der Waals surface area contributed by atoms with Crippen molar-refractivity contribution >= 4 is 35.8 Å². The minimum Gasteiger partial charge on any atom is -0.379 e. The number of piperidine rings is 1. The molecule has 1 N–H and O–H groups in total. The third-order valence-corrected chi connectivity index (χ3v) is 6.33. The second kappa shape index (κ2) is 14.0. The Balaban J connectivity index is 0.00000363. The number of likely N-dealkylation sites (N-methyl/N-ethyl adjacent to an activating group) is 1. The number of guanidine groups is 1. The van der Waals surface area contributed by atoms with E-state index < -0.39 is 0 Å². The lowest BCUT2D eigenvalue weighted by atomic mass is 9.82. The summed E-state index contributed by atoms with van der Waals surface area (Å²) in [7, 11) is 3.56. The van der Waals surface area contributed by atoms with E-state index in [1.54, 1.807) is 19.0 Å². The molecule has 0 aliphatic carbocycles. The van der Waals surface area contributed by atoms with Gasteiger partial charge in [0.05, 0.1) is 13.2 Å². The average molecular weight is 558 g/mol. The highest BCUT2D eigenvalue weighted by atomic mass is 127. The molecule has 8 heteroatoms. The Kier molecular flexibility index (Phi) is 11.7. The molecule has 2 saturated heterocycles. The number of nitrogens with one attached hydrogen (secondary N) is 1. The molecule has 1 amide bonds. The monoisotopic (exact) mass is 557 g/mol. The van der Waals surface area contributed by atoms with E-state index in [9.17, 15) is 4.79 Å². The standard InChI is InChI=1S/C24H39N5O2.HI/c1-20-19-29(13-10-22(20)21-8-5-4-6-9-21)24(26-18-23(30)27(2)3)25-11-7-12-28-14-16-31-17-15-28;/h4-6,8-9,20,22H,7,10-19H2,1-3H3,(H,25,26);1H. The lowest BCUT2D eigenvalue weighted by molar-refractivity contribution is -0.127. The minimum absolute atomic E-state index is 0. The van der Waals surface area contributed by atoms with Crippen LogP contribution in [0.25, 0.3) is 0 Å². The summed E-state index contributed by atoms with van der Waals surface area (Å²) in [5.74, 6) is 2.00. The third-order valence-electron chi connectivity index (χ3n) is 6.33. The van der Waals surface area contributed by atoms with Crippen LogP contribution >= 0.6 is 24.0 Å². The fourth-order valence-electron chi connectivity index (χ4n) is 4.41. The molecule has 1 aromatic carbocycles. The van der Waals surface area contributed by atoms with Gasteiger partial charge in [0, 0.05) is 46.8 Å². The summed E-state index contributed by atoms with van der Waals surface area (Å²) in [6, 6.07) is 10.8. The number of benzene rings is 1. The van der Waals surface area contributed by atoms with Crippen LogP contribution in [0.4, 0.5) is 0 Å². The number of aliphatic imine (C=N–C) groups is 1. The zero-order valence-electron chi connectivity index (χ0n) is 19.8. The van der Waals surface area contributed by atoms with E-state index in [-0.39, 0.29) is 36.4 Å². The molecule has 0 aromatic heterocycles. The number of ether oxygens (including phenoxy) is 1. The summed E-state index contributed by atoms with van der Waals surface area (Å²) in [6.07, 6.45) is 2.15. The first-order valence-electron chi connectivity index (χ1n) is 11.6. The van der Waals surface area contributed by atoms with E-state index >= 15 is 0 Å². The topological polar surface area (TPSA) is 60.4 Å². The maximum Gasteiger partial charge on any atom is 0.243 e. The van der Waals surface area contributed by atoms with Gasteiger partial charge in [-0.05, 0) is 36.8 Å². The van der Waals surface area contributed by atoms with Gasteiger partial charge in [-0.3, -0.25) is 9.69 Å². The van der Waals surface area contributed by atoms with E-state index in [0.717, 1.165) is 71.3 Å². The lowest BCUT2D eigenvalue weighted by Gasteiger charge is -2.39. The first-order chi connectivity index (χ1) is 15.0. The van der Waals surface area contributed by atoms with Crippen molar-refractivity contribution in [3.63, 3.8) is 0 Å². The summed E-state index contributed by atoms with van der Waals surface area (Å²) in [5.41, 5.74) is 1.43. The summed E-state index contributed by atoms with van der Waals surface area (Å²) >= 11 is 0. The number of morpholine rings is 1. The van der Waals surface area contributed by atoms with Crippen LogP contribution in [0, 0.1) is 5.92 Å². The van der Waals surface area contributed by atoms with Crippen molar-refractivity contribution in [3.05, 3.63) is 35.9 Å². The van der Waals surface area contributed by atoms with Gasteiger partial charge < -0.3 is 19.9 Å². The molecular weight excluding hydrogens is 517 g/mol. The van der Waals surface area contributed by atoms with Crippen molar-refractivity contribution in [1.29, 1.82) is 0 Å². The zero-order valence-corrected chi connectivity index (χ0v) is 22.2. The molecule has 2 atom stereocenters. The molecule has 2 aliphatic rings. The van der Waals surface area contributed by atoms with Crippen molar-refractivity contribution in [2.75, 3.05) is 73.1 Å². The molecule has 3 rings (SSSR count). The number of likely N-dealkylation sites (tertiary alicyclic amines) is 1. The highest BCUT2D eigenvalue weighted by molar-refractivity contribution is 14.0. The van der Waals surface area contributed by atoms with Crippen molar-refractivity contribution in [1.82, 2.24) is 20.0 Å². The molecule has 2 aliphatic heterocycles. The molecule has 1 aromatic rings. The number of carbonyl (C=O) groups excluding carboxylic acids is 1. The number of nitrogens with zero attached hydrogens (tertiary/aromatic N) is 4. The molecule has 0 spiro atoms.